The molecule has 1 nitrogen and oxygen atoms in total. The van der Waals surface area contributed by atoms with Gasteiger partial charge in [0.2, 0.25) is 0 Å². The van der Waals surface area contributed by atoms with E-state index >= 15 is 0 Å². The molecule has 94 valence electrons. The highest BCUT2D eigenvalue weighted by Gasteiger charge is 2.15. The molecule has 0 spiro atoms. The molecule has 0 aromatic carbocycles. The molecule has 1 aliphatic heterocycles. The monoisotopic (exact) mass is 259 g/mol. The second-order valence-corrected chi connectivity index (χ2v) is 7.25. The Bertz CT molecular complexity index is 188. The number of nitrogens with one attached hydrogen (secondary N) is 1. The molecule has 1 fully saturated rings. The summed E-state index contributed by atoms with van der Waals surface area (Å²) < 4.78 is 0. The number of hydrogen-bond donors (Lipinski definition) is 1. The molecule has 1 unspecified atom stereocenters. The third-order valence-corrected chi connectivity index (χ3v) is 5.89. The van der Waals surface area contributed by atoms with Crippen molar-refractivity contribution < 1.29 is 0 Å². The quantitative estimate of drug-likeness (QED) is 0.480. The molecule has 1 heterocycles. The van der Waals surface area contributed by atoms with Gasteiger partial charge in [0.25, 0.3) is 0 Å². The van der Waals surface area contributed by atoms with Crippen LogP contribution < -0.4 is 5.32 Å². The van der Waals surface area contributed by atoms with Crippen molar-refractivity contribution in [2.24, 2.45) is 0 Å². The highest BCUT2D eigenvalue weighted by molar-refractivity contribution is 8.77. The molecular formula is C13H25NS2. The Morgan fingerprint density at radius 1 is 1.38 bits per heavy atom. The van der Waals surface area contributed by atoms with Crippen molar-refractivity contribution >= 4 is 21.6 Å². The zero-order valence-corrected chi connectivity index (χ0v) is 12.1. The lowest BCUT2D eigenvalue weighted by Gasteiger charge is -2.10. The molecule has 1 aliphatic rings. The first-order chi connectivity index (χ1) is 7.83. The first kappa shape index (κ1) is 14.3. The van der Waals surface area contributed by atoms with Crippen LogP contribution in [0.4, 0.5) is 0 Å². The van der Waals surface area contributed by atoms with E-state index in [1.54, 1.807) is 0 Å². The van der Waals surface area contributed by atoms with Crippen LogP contribution in [0.25, 0.3) is 0 Å². The van der Waals surface area contributed by atoms with E-state index in [0.717, 1.165) is 18.2 Å². The number of rotatable bonds is 9. The number of hydrogen-bond acceptors (Lipinski definition) is 3. The fraction of sp³-hybridized carbons (Fsp3) is 0.846. The fourth-order valence-electron chi connectivity index (χ4n) is 1.81. The van der Waals surface area contributed by atoms with E-state index in [0.29, 0.717) is 0 Å². The van der Waals surface area contributed by atoms with Crippen molar-refractivity contribution in [3.8, 4) is 0 Å². The van der Waals surface area contributed by atoms with Crippen LogP contribution in [0.1, 0.15) is 51.9 Å². The topological polar surface area (TPSA) is 12.0 Å². The zero-order valence-electron chi connectivity index (χ0n) is 10.5. The smallest absolute Gasteiger partial charge is 0.0159 e. The van der Waals surface area contributed by atoms with Gasteiger partial charge in [-0.2, -0.15) is 0 Å². The normalized spacial score (nSPS) is 19.9. The molecule has 0 bridgehead atoms. The second-order valence-electron chi connectivity index (χ2n) is 4.46. The van der Waals surface area contributed by atoms with Gasteiger partial charge in [0.15, 0.2) is 0 Å². The Morgan fingerprint density at radius 2 is 2.25 bits per heavy atom. The summed E-state index contributed by atoms with van der Waals surface area (Å²) in [5.41, 5.74) is 1.24. The Labute approximate surface area is 109 Å². The Balaban J connectivity index is 1.87. The highest BCUT2D eigenvalue weighted by atomic mass is 33.1. The first-order valence-electron chi connectivity index (χ1n) is 6.53. The molecule has 16 heavy (non-hydrogen) atoms. The summed E-state index contributed by atoms with van der Waals surface area (Å²) >= 11 is 0. The summed E-state index contributed by atoms with van der Waals surface area (Å²) in [6.07, 6.45) is 9.18. The molecule has 0 amide bonds. The van der Waals surface area contributed by atoms with E-state index in [-0.39, 0.29) is 0 Å². The Hall–Kier alpha value is 0.240. The highest BCUT2D eigenvalue weighted by Crippen LogP contribution is 2.39. The van der Waals surface area contributed by atoms with Gasteiger partial charge in [0, 0.05) is 23.2 Å². The minimum absolute atomic E-state index is 0.936. The Morgan fingerprint density at radius 3 is 2.94 bits per heavy atom. The predicted molar refractivity (Wildman–Crippen MR) is 79.0 cm³/mol. The predicted octanol–water partition coefficient (Wildman–Crippen LogP) is 4.60. The Kier molecular flexibility index (Phi) is 8.30. The van der Waals surface area contributed by atoms with Crippen LogP contribution in [-0.4, -0.2) is 17.5 Å². The fourth-order valence-corrected chi connectivity index (χ4v) is 4.83. The van der Waals surface area contributed by atoms with Gasteiger partial charge in [-0.05, 0) is 32.1 Å². The van der Waals surface area contributed by atoms with Crippen LogP contribution in [0.15, 0.2) is 12.3 Å². The van der Waals surface area contributed by atoms with Crippen LogP contribution in [0.3, 0.4) is 0 Å². The molecule has 0 aromatic heterocycles. The summed E-state index contributed by atoms with van der Waals surface area (Å²) in [5, 5.41) is 4.34. The van der Waals surface area contributed by atoms with Crippen molar-refractivity contribution in [3.05, 3.63) is 12.3 Å². The molecule has 0 saturated carbocycles. The molecule has 0 aliphatic carbocycles. The number of allylic oxidation sites excluding steroid dienone is 1. The van der Waals surface area contributed by atoms with E-state index in [9.17, 15) is 0 Å². The molecule has 3 heteroatoms. The average Bonchev–Trinajstić information content (AvgIpc) is 2.78. The zero-order chi connectivity index (χ0) is 11.6. The second kappa shape index (κ2) is 9.29. The van der Waals surface area contributed by atoms with Crippen LogP contribution in [-0.2, 0) is 0 Å². The maximum absolute atomic E-state index is 4.08. The molecule has 1 saturated heterocycles. The molecular weight excluding hydrogens is 234 g/mol. The third kappa shape index (κ3) is 6.74. The van der Waals surface area contributed by atoms with E-state index in [1.165, 1.54) is 50.0 Å². The van der Waals surface area contributed by atoms with E-state index < -0.39 is 0 Å². The first-order valence-corrected chi connectivity index (χ1v) is 8.91. The van der Waals surface area contributed by atoms with Gasteiger partial charge >= 0.3 is 0 Å². The van der Waals surface area contributed by atoms with Gasteiger partial charge in [-0.15, -0.1) is 0 Å². The average molecular weight is 259 g/mol. The van der Waals surface area contributed by atoms with Gasteiger partial charge in [-0.3, -0.25) is 0 Å². The minimum atomic E-state index is 0.936. The standard InChI is InChI=1S/C13H25NS2/c1-3-4-10-14-12(2)7-5-6-8-13-9-11-15-16-13/h13-14H,2-11H2,1H3. The summed E-state index contributed by atoms with van der Waals surface area (Å²) in [6, 6.07) is 0. The van der Waals surface area contributed by atoms with Crippen LogP contribution in [0.2, 0.25) is 0 Å². The van der Waals surface area contributed by atoms with Gasteiger partial charge in [-0.25, -0.2) is 0 Å². The maximum atomic E-state index is 4.08. The largest absolute Gasteiger partial charge is 0.389 e. The van der Waals surface area contributed by atoms with Gasteiger partial charge in [0.05, 0.1) is 0 Å². The maximum Gasteiger partial charge on any atom is 0.0159 e. The van der Waals surface area contributed by atoms with Crippen LogP contribution in [0.5, 0.6) is 0 Å². The van der Waals surface area contributed by atoms with Gasteiger partial charge < -0.3 is 5.32 Å². The molecule has 1 atom stereocenters. The van der Waals surface area contributed by atoms with Crippen molar-refractivity contribution in [3.63, 3.8) is 0 Å². The van der Waals surface area contributed by atoms with E-state index in [4.69, 9.17) is 0 Å². The summed E-state index contributed by atoms with van der Waals surface area (Å²) in [5.74, 6) is 1.36. The lowest BCUT2D eigenvalue weighted by atomic mass is 10.1. The lowest BCUT2D eigenvalue weighted by molar-refractivity contribution is 0.619. The van der Waals surface area contributed by atoms with Gasteiger partial charge in [-0.1, -0.05) is 47.9 Å². The van der Waals surface area contributed by atoms with Crippen molar-refractivity contribution in [2.75, 3.05) is 12.3 Å². The van der Waals surface area contributed by atoms with Crippen LogP contribution in [0, 0.1) is 0 Å². The lowest BCUT2D eigenvalue weighted by Crippen LogP contribution is -2.13. The van der Waals surface area contributed by atoms with Crippen LogP contribution >= 0.6 is 21.6 Å². The molecule has 0 radical (unpaired) electrons. The molecule has 1 rings (SSSR count). The summed E-state index contributed by atoms with van der Waals surface area (Å²) in [4.78, 5) is 0. The molecule has 0 aromatic rings. The van der Waals surface area contributed by atoms with E-state index in [1.807, 2.05) is 10.8 Å². The third-order valence-electron chi connectivity index (χ3n) is 2.89. The summed E-state index contributed by atoms with van der Waals surface area (Å²) in [7, 11) is 4.14. The van der Waals surface area contributed by atoms with E-state index in [2.05, 4.69) is 29.6 Å². The molecule has 1 N–H and O–H groups in total. The SMILES string of the molecule is C=C(CCCCC1CCSS1)NCCCC. The minimum Gasteiger partial charge on any atom is -0.389 e. The number of unbranched alkanes of at least 4 members (excludes halogenated alkanes) is 2. The van der Waals surface area contributed by atoms with Crippen molar-refractivity contribution in [1.29, 1.82) is 0 Å². The van der Waals surface area contributed by atoms with Gasteiger partial charge in [0.1, 0.15) is 0 Å². The van der Waals surface area contributed by atoms with Crippen molar-refractivity contribution in [1.82, 2.24) is 5.32 Å². The van der Waals surface area contributed by atoms with Crippen molar-refractivity contribution in [2.45, 2.75) is 57.1 Å². The summed E-state index contributed by atoms with van der Waals surface area (Å²) in [6.45, 7) is 7.40.